The van der Waals surface area contributed by atoms with Gasteiger partial charge >= 0.3 is 11.9 Å². The summed E-state index contributed by atoms with van der Waals surface area (Å²) < 4.78 is 15.3. The zero-order chi connectivity index (χ0) is 19.3. The summed E-state index contributed by atoms with van der Waals surface area (Å²) in [6.07, 6.45) is 3.84. The minimum atomic E-state index is -0.636. The molecular weight excluding hydrogens is 336 g/mol. The summed E-state index contributed by atoms with van der Waals surface area (Å²) in [5, 5.41) is 0. The molecule has 0 aliphatic carbocycles. The average Bonchev–Trinajstić information content (AvgIpc) is 2.67. The fourth-order valence-corrected chi connectivity index (χ4v) is 2.76. The van der Waals surface area contributed by atoms with Gasteiger partial charge in [-0.1, -0.05) is 19.4 Å². The van der Waals surface area contributed by atoms with Crippen molar-refractivity contribution in [2.45, 2.75) is 33.1 Å². The van der Waals surface area contributed by atoms with Crippen LogP contribution in [-0.2, 0) is 15.9 Å². The van der Waals surface area contributed by atoms with Crippen molar-refractivity contribution < 1.29 is 23.5 Å². The Morgan fingerprint density at radius 3 is 2.15 bits per heavy atom. The quantitative estimate of drug-likeness (QED) is 0.735. The fraction of sp³-hybridized carbons (Fsp3) is 0.350. The lowest BCUT2D eigenvalue weighted by Crippen LogP contribution is -2.16. The number of rotatable bonds is 6. The van der Waals surface area contributed by atoms with E-state index in [9.17, 15) is 14.4 Å². The second kappa shape index (κ2) is 8.47. The van der Waals surface area contributed by atoms with Gasteiger partial charge in [-0.3, -0.25) is 4.79 Å². The zero-order valence-corrected chi connectivity index (χ0v) is 15.4. The molecule has 0 amide bonds. The summed E-state index contributed by atoms with van der Waals surface area (Å²) in [5.41, 5.74) is 1.20. The summed E-state index contributed by atoms with van der Waals surface area (Å²) in [7, 11) is 2.49. The third-order valence-electron chi connectivity index (χ3n) is 4.19. The van der Waals surface area contributed by atoms with Gasteiger partial charge in [0.2, 0.25) is 0 Å². The van der Waals surface area contributed by atoms with E-state index in [-0.39, 0.29) is 27.9 Å². The predicted octanol–water partition coefficient (Wildman–Crippen LogP) is 3.53. The highest BCUT2D eigenvalue weighted by molar-refractivity contribution is 6.05. The normalized spacial score (nSPS) is 10.5. The highest BCUT2D eigenvalue weighted by atomic mass is 16.5. The monoisotopic (exact) mass is 358 g/mol. The van der Waals surface area contributed by atoms with E-state index in [4.69, 9.17) is 13.9 Å². The largest absolute Gasteiger partial charge is 0.465 e. The van der Waals surface area contributed by atoms with Crippen LogP contribution in [0.15, 0.2) is 33.7 Å². The molecule has 0 N–H and O–H groups in total. The number of methoxy groups -OCH3 is 2. The Hall–Kier alpha value is -2.89. The van der Waals surface area contributed by atoms with Gasteiger partial charge in [-0.05, 0) is 31.9 Å². The standard InChI is InChI=1S/C20H22O6/c1-5-6-8-13-11-26-18(12(2)17(13)21)16-14(19(22)24-3)9-7-10-15(16)20(23)25-4/h7,9-11H,5-6,8H2,1-4H3. The fourth-order valence-electron chi connectivity index (χ4n) is 2.76. The number of unbranched alkanes of at least 4 members (excludes halogenated alkanes) is 1. The van der Waals surface area contributed by atoms with Crippen LogP contribution >= 0.6 is 0 Å². The van der Waals surface area contributed by atoms with Crippen LogP contribution in [0.3, 0.4) is 0 Å². The molecule has 0 radical (unpaired) electrons. The van der Waals surface area contributed by atoms with Crippen LogP contribution in [0.5, 0.6) is 0 Å². The smallest absolute Gasteiger partial charge is 0.338 e. The Balaban J connectivity index is 2.74. The molecule has 6 nitrogen and oxygen atoms in total. The van der Waals surface area contributed by atoms with E-state index in [1.807, 2.05) is 6.92 Å². The lowest BCUT2D eigenvalue weighted by atomic mass is 9.95. The van der Waals surface area contributed by atoms with Gasteiger partial charge < -0.3 is 13.9 Å². The molecule has 0 fully saturated rings. The second-order valence-electron chi connectivity index (χ2n) is 5.86. The van der Waals surface area contributed by atoms with Gasteiger partial charge in [0.15, 0.2) is 5.43 Å². The van der Waals surface area contributed by atoms with E-state index in [0.717, 1.165) is 12.8 Å². The number of benzene rings is 1. The molecule has 0 aliphatic heterocycles. The van der Waals surface area contributed by atoms with Gasteiger partial charge in [-0.25, -0.2) is 9.59 Å². The Bertz CT molecular complexity index is 844. The summed E-state index contributed by atoms with van der Waals surface area (Å²) in [6, 6.07) is 4.57. The SMILES string of the molecule is CCCCc1coc(-c2c(C(=O)OC)cccc2C(=O)OC)c(C)c1=O. The van der Waals surface area contributed by atoms with Crippen molar-refractivity contribution in [1.29, 1.82) is 0 Å². The van der Waals surface area contributed by atoms with Gasteiger partial charge in [0.25, 0.3) is 0 Å². The van der Waals surface area contributed by atoms with E-state index in [1.54, 1.807) is 13.0 Å². The summed E-state index contributed by atoms with van der Waals surface area (Å²) in [6.45, 7) is 3.66. The summed E-state index contributed by atoms with van der Waals surface area (Å²) in [4.78, 5) is 37.0. The molecule has 138 valence electrons. The highest BCUT2D eigenvalue weighted by Crippen LogP contribution is 2.31. The molecule has 0 aliphatic rings. The van der Waals surface area contributed by atoms with Gasteiger partial charge in [0, 0.05) is 16.7 Å². The number of carbonyl (C=O) groups excluding carboxylic acids is 2. The molecule has 0 unspecified atom stereocenters. The van der Waals surface area contributed by atoms with Crippen LogP contribution < -0.4 is 5.43 Å². The molecule has 0 bridgehead atoms. The van der Waals surface area contributed by atoms with Gasteiger partial charge in [0.05, 0.1) is 31.6 Å². The predicted molar refractivity (Wildman–Crippen MR) is 96.4 cm³/mol. The second-order valence-corrected chi connectivity index (χ2v) is 5.86. The molecule has 0 atom stereocenters. The third kappa shape index (κ3) is 3.69. The molecule has 26 heavy (non-hydrogen) atoms. The van der Waals surface area contributed by atoms with Gasteiger partial charge in [-0.15, -0.1) is 0 Å². The lowest BCUT2D eigenvalue weighted by molar-refractivity contribution is 0.0600. The van der Waals surface area contributed by atoms with E-state index in [0.29, 0.717) is 17.5 Å². The van der Waals surface area contributed by atoms with Crippen molar-refractivity contribution in [1.82, 2.24) is 0 Å². The number of ether oxygens (including phenoxy) is 2. The molecule has 1 aromatic carbocycles. The van der Waals surface area contributed by atoms with Crippen molar-refractivity contribution in [3.8, 4) is 11.3 Å². The number of hydrogen-bond donors (Lipinski definition) is 0. The molecule has 0 spiro atoms. The van der Waals surface area contributed by atoms with Crippen LogP contribution in [0.4, 0.5) is 0 Å². The van der Waals surface area contributed by atoms with E-state index >= 15 is 0 Å². The first-order chi connectivity index (χ1) is 12.5. The maximum Gasteiger partial charge on any atom is 0.338 e. The van der Waals surface area contributed by atoms with Crippen molar-refractivity contribution in [2.24, 2.45) is 0 Å². The van der Waals surface area contributed by atoms with Crippen LogP contribution in [0.2, 0.25) is 0 Å². The van der Waals surface area contributed by atoms with Crippen LogP contribution in [0, 0.1) is 6.92 Å². The van der Waals surface area contributed by atoms with Crippen molar-refractivity contribution in [3.63, 3.8) is 0 Å². The molecule has 0 saturated heterocycles. The first-order valence-corrected chi connectivity index (χ1v) is 8.37. The average molecular weight is 358 g/mol. The van der Waals surface area contributed by atoms with E-state index in [1.165, 1.54) is 32.6 Å². The third-order valence-corrected chi connectivity index (χ3v) is 4.19. The molecule has 0 saturated carbocycles. The minimum Gasteiger partial charge on any atom is -0.465 e. The highest BCUT2D eigenvalue weighted by Gasteiger charge is 2.25. The summed E-state index contributed by atoms with van der Waals surface area (Å²) >= 11 is 0. The maximum absolute atomic E-state index is 12.7. The van der Waals surface area contributed by atoms with E-state index in [2.05, 4.69) is 0 Å². The van der Waals surface area contributed by atoms with Crippen molar-refractivity contribution in [2.75, 3.05) is 14.2 Å². The Morgan fingerprint density at radius 2 is 1.65 bits per heavy atom. The number of carbonyl (C=O) groups is 2. The van der Waals surface area contributed by atoms with Gasteiger partial charge in [0.1, 0.15) is 5.76 Å². The van der Waals surface area contributed by atoms with E-state index < -0.39 is 11.9 Å². The molecule has 2 rings (SSSR count). The molecular formula is C20H22O6. The number of hydrogen-bond acceptors (Lipinski definition) is 6. The number of aryl methyl sites for hydroxylation is 1. The minimum absolute atomic E-state index is 0.128. The van der Waals surface area contributed by atoms with Crippen molar-refractivity contribution >= 4 is 11.9 Å². The van der Waals surface area contributed by atoms with Crippen molar-refractivity contribution in [3.05, 3.63) is 56.9 Å². The first kappa shape index (κ1) is 19.4. The Labute approximate surface area is 151 Å². The van der Waals surface area contributed by atoms with Crippen LogP contribution in [-0.4, -0.2) is 26.2 Å². The first-order valence-electron chi connectivity index (χ1n) is 8.37. The Kier molecular flexibility index (Phi) is 6.33. The molecule has 1 aromatic heterocycles. The maximum atomic E-state index is 12.7. The van der Waals surface area contributed by atoms with Crippen LogP contribution in [0.1, 0.15) is 51.6 Å². The molecule has 2 aromatic rings. The molecule has 6 heteroatoms. The van der Waals surface area contributed by atoms with Crippen LogP contribution in [0.25, 0.3) is 11.3 Å². The number of esters is 2. The lowest BCUT2D eigenvalue weighted by Gasteiger charge is -2.14. The topological polar surface area (TPSA) is 82.8 Å². The Morgan fingerprint density at radius 1 is 1.08 bits per heavy atom. The molecule has 1 heterocycles. The van der Waals surface area contributed by atoms with Gasteiger partial charge in [-0.2, -0.15) is 0 Å². The zero-order valence-electron chi connectivity index (χ0n) is 15.4. The summed E-state index contributed by atoms with van der Waals surface area (Å²) in [5.74, 6) is -1.11.